The van der Waals surface area contributed by atoms with Crippen molar-refractivity contribution >= 4 is 17.4 Å². The standard InChI is InChI=1S/C19H21N7O/c27-18(13-15-6-8-16(9-7-15)26-14-21-23-24-26)22-17-5-4-10-20-19(17)25-11-2-1-3-12-25/h4-10,14H,1-3,11-13H2,(H,22,27). The van der Waals surface area contributed by atoms with Crippen LogP contribution in [0.2, 0.25) is 0 Å². The van der Waals surface area contributed by atoms with Gasteiger partial charge in [-0.25, -0.2) is 9.67 Å². The second kappa shape index (κ2) is 7.94. The lowest BCUT2D eigenvalue weighted by Gasteiger charge is -2.29. The molecular weight excluding hydrogens is 342 g/mol. The summed E-state index contributed by atoms with van der Waals surface area (Å²) in [4.78, 5) is 19.3. The molecule has 1 aliphatic heterocycles. The van der Waals surface area contributed by atoms with Crippen LogP contribution < -0.4 is 10.2 Å². The molecule has 0 radical (unpaired) electrons. The number of rotatable bonds is 5. The first kappa shape index (κ1) is 17.1. The van der Waals surface area contributed by atoms with Gasteiger partial charge in [-0.2, -0.15) is 0 Å². The predicted octanol–water partition coefficient (Wildman–Crippen LogP) is 2.23. The maximum Gasteiger partial charge on any atom is 0.228 e. The predicted molar refractivity (Wildman–Crippen MR) is 102 cm³/mol. The Kier molecular flexibility index (Phi) is 5.04. The number of anilines is 2. The van der Waals surface area contributed by atoms with Crippen molar-refractivity contribution in [1.82, 2.24) is 25.2 Å². The summed E-state index contributed by atoms with van der Waals surface area (Å²) < 4.78 is 1.57. The Balaban J connectivity index is 1.42. The topological polar surface area (TPSA) is 88.8 Å². The smallest absolute Gasteiger partial charge is 0.228 e. The first-order chi connectivity index (χ1) is 13.3. The monoisotopic (exact) mass is 363 g/mol. The Hall–Kier alpha value is -3.29. The number of piperidine rings is 1. The molecule has 4 rings (SSSR count). The lowest BCUT2D eigenvalue weighted by molar-refractivity contribution is -0.115. The van der Waals surface area contributed by atoms with Crippen LogP contribution >= 0.6 is 0 Å². The number of nitrogens with one attached hydrogen (secondary N) is 1. The highest BCUT2D eigenvalue weighted by Gasteiger charge is 2.17. The van der Waals surface area contributed by atoms with Crippen LogP contribution in [0, 0.1) is 0 Å². The molecule has 3 heterocycles. The van der Waals surface area contributed by atoms with Crippen molar-refractivity contribution in [3.8, 4) is 5.69 Å². The van der Waals surface area contributed by atoms with Gasteiger partial charge in [0.2, 0.25) is 5.91 Å². The number of carbonyl (C=O) groups is 1. The van der Waals surface area contributed by atoms with Gasteiger partial charge in [-0.05, 0) is 59.5 Å². The average Bonchev–Trinajstić information content (AvgIpc) is 3.24. The van der Waals surface area contributed by atoms with Crippen LogP contribution in [-0.4, -0.2) is 44.2 Å². The van der Waals surface area contributed by atoms with Gasteiger partial charge in [0.05, 0.1) is 17.8 Å². The fraction of sp³-hybridized carbons (Fsp3) is 0.316. The van der Waals surface area contributed by atoms with E-state index in [2.05, 4.69) is 30.7 Å². The van der Waals surface area contributed by atoms with Gasteiger partial charge in [-0.3, -0.25) is 4.79 Å². The highest BCUT2D eigenvalue weighted by molar-refractivity contribution is 5.94. The normalized spacial score (nSPS) is 14.1. The summed E-state index contributed by atoms with van der Waals surface area (Å²) in [6.07, 6.45) is 7.19. The molecule has 0 unspecified atom stereocenters. The van der Waals surface area contributed by atoms with Crippen molar-refractivity contribution in [2.24, 2.45) is 0 Å². The van der Waals surface area contributed by atoms with E-state index in [1.165, 1.54) is 12.7 Å². The van der Waals surface area contributed by atoms with Gasteiger partial charge in [-0.15, -0.1) is 5.10 Å². The van der Waals surface area contributed by atoms with Crippen molar-refractivity contribution < 1.29 is 4.79 Å². The minimum atomic E-state index is -0.0589. The van der Waals surface area contributed by atoms with Crippen molar-refractivity contribution in [1.29, 1.82) is 0 Å². The minimum Gasteiger partial charge on any atom is -0.355 e. The highest BCUT2D eigenvalue weighted by atomic mass is 16.1. The van der Waals surface area contributed by atoms with Crippen LogP contribution in [0.25, 0.3) is 5.69 Å². The first-order valence-electron chi connectivity index (χ1n) is 9.12. The fourth-order valence-electron chi connectivity index (χ4n) is 3.28. The van der Waals surface area contributed by atoms with Crippen LogP contribution in [0.1, 0.15) is 24.8 Å². The molecule has 0 spiro atoms. The third-order valence-corrected chi connectivity index (χ3v) is 4.63. The number of pyridine rings is 1. The molecule has 0 aliphatic carbocycles. The van der Waals surface area contributed by atoms with Crippen molar-refractivity contribution in [3.63, 3.8) is 0 Å². The van der Waals surface area contributed by atoms with Crippen LogP contribution in [-0.2, 0) is 11.2 Å². The van der Waals surface area contributed by atoms with E-state index in [-0.39, 0.29) is 5.91 Å². The lowest BCUT2D eigenvalue weighted by atomic mass is 10.1. The average molecular weight is 363 g/mol. The third kappa shape index (κ3) is 4.11. The van der Waals surface area contributed by atoms with Gasteiger partial charge in [0, 0.05) is 19.3 Å². The van der Waals surface area contributed by atoms with Crippen LogP contribution in [0.5, 0.6) is 0 Å². The summed E-state index contributed by atoms with van der Waals surface area (Å²) in [5, 5.41) is 14.1. The van der Waals surface area contributed by atoms with Gasteiger partial charge < -0.3 is 10.2 Å². The Bertz CT molecular complexity index is 887. The summed E-state index contributed by atoms with van der Waals surface area (Å²) in [5.41, 5.74) is 2.55. The van der Waals surface area contributed by atoms with E-state index in [1.807, 2.05) is 36.4 Å². The van der Waals surface area contributed by atoms with E-state index in [4.69, 9.17) is 0 Å². The minimum absolute atomic E-state index is 0.0589. The van der Waals surface area contributed by atoms with Crippen LogP contribution in [0.4, 0.5) is 11.5 Å². The number of aromatic nitrogens is 5. The van der Waals surface area contributed by atoms with E-state index in [0.717, 1.165) is 48.7 Å². The molecule has 8 nitrogen and oxygen atoms in total. The summed E-state index contributed by atoms with van der Waals surface area (Å²) in [5.74, 6) is 0.802. The Morgan fingerprint density at radius 1 is 1.07 bits per heavy atom. The van der Waals surface area contributed by atoms with E-state index in [1.54, 1.807) is 10.9 Å². The summed E-state index contributed by atoms with van der Waals surface area (Å²) in [6.45, 7) is 1.97. The molecule has 1 amide bonds. The molecule has 0 atom stereocenters. The molecule has 138 valence electrons. The van der Waals surface area contributed by atoms with Gasteiger partial charge >= 0.3 is 0 Å². The summed E-state index contributed by atoms with van der Waals surface area (Å²) in [7, 11) is 0. The Labute approximate surface area is 157 Å². The second-order valence-corrected chi connectivity index (χ2v) is 6.57. The number of hydrogen-bond donors (Lipinski definition) is 1. The van der Waals surface area contributed by atoms with Crippen LogP contribution in [0.15, 0.2) is 48.9 Å². The van der Waals surface area contributed by atoms with Gasteiger partial charge in [0.15, 0.2) is 5.82 Å². The molecule has 1 aromatic carbocycles. The van der Waals surface area contributed by atoms with Gasteiger partial charge in [0.1, 0.15) is 6.33 Å². The molecule has 27 heavy (non-hydrogen) atoms. The molecule has 1 saturated heterocycles. The van der Waals surface area contributed by atoms with Crippen LogP contribution in [0.3, 0.4) is 0 Å². The highest BCUT2D eigenvalue weighted by Crippen LogP contribution is 2.25. The lowest BCUT2D eigenvalue weighted by Crippen LogP contribution is -2.31. The number of tetrazole rings is 1. The molecule has 8 heteroatoms. The number of nitrogens with zero attached hydrogens (tertiary/aromatic N) is 6. The third-order valence-electron chi connectivity index (χ3n) is 4.63. The molecule has 0 saturated carbocycles. The summed E-state index contributed by atoms with van der Waals surface area (Å²) in [6, 6.07) is 11.4. The zero-order chi connectivity index (χ0) is 18.5. The number of benzene rings is 1. The number of carbonyl (C=O) groups excluding carboxylic acids is 1. The largest absolute Gasteiger partial charge is 0.355 e. The van der Waals surface area contributed by atoms with Gasteiger partial charge in [0.25, 0.3) is 0 Å². The first-order valence-corrected chi connectivity index (χ1v) is 9.12. The molecule has 3 aromatic rings. The Morgan fingerprint density at radius 2 is 1.89 bits per heavy atom. The van der Waals surface area contributed by atoms with E-state index < -0.39 is 0 Å². The fourth-order valence-corrected chi connectivity index (χ4v) is 3.28. The molecule has 2 aromatic heterocycles. The molecule has 0 bridgehead atoms. The van der Waals surface area contributed by atoms with Gasteiger partial charge in [-0.1, -0.05) is 12.1 Å². The number of hydrogen-bond acceptors (Lipinski definition) is 6. The summed E-state index contributed by atoms with van der Waals surface area (Å²) >= 11 is 0. The molecule has 1 N–H and O–H groups in total. The Morgan fingerprint density at radius 3 is 2.63 bits per heavy atom. The van der Waals surface area contributed by atoms with E-state index in [0.29, 0.717) is 6.42 Å². The number of amides is 1. The zero-order valence-electron chi connectivity index (χ0n) is 15.0. The molecular formula is C19H21N7O. The van der Waals surface area contributed by atoms with E-state index in [9.17, 15) is 4.79 Å². The van der Waals surface area contributed by atoms with Crippen molar-refractivity contribution in [3.05, 3.63) is 54.5 Å². The molecule has 1 aliphatic rings. The maximum atomic E-state index is 12.5. The zero-order valence-corrected chi connectivity index (χ0v) is 15.0. The van der Waals surface area contributed by atoms with Crippen molar-refractivity contribution in [2.45, 2.75) is 25.7 Å². The SMILES string of the molecule is O=C(Cc1ccc(-n2cnnn2)cc1)Nc1cccnc1N1CCCCC1. The quantitative estimate of drug-likeness (QED) is 0.748. The molecule has 1 fully saturated rings. The maximum absolute atomic E-state index is 12.5. The van der Waals surface area contributed by atoms with Crippen molar-refractivity contribution in [2.75, 3.05) is 23.3 Å². The second-order valence-electron chi connectivity index (χ2n) is 6.57. The van der Waals surface area contributed by atoms with E-state index >= 15 is 0 Å².